The second kappa shape index (κ2) is 12.2. The van der Waals surface area contributed by atoms with Crippen LogP contribution >= 0.6 is 0 Å². The third-order valence-corrected chi connectivity index (χ3v) is 7.18. The van der Waals surface area contributed by atoms with Crippen molar-refractivity contribution in [2.24, 2.45) is 0 Å². The lowest BCUT2D eigenvalue weighted by Gasteiger charge is -2.21. The zero-order valence-electron chi connectivity index (χ0n) is 21.7. The summed E-state index contributed by atoms with van der Waals surface area (Å²) in [6.07, 6.45) is -7.31. The molecule has 2 aromatic carbocycles. The van der Waals surface area contributed by atoms with Gasteiger partial charge in [0.25, 0.3) is 15.1 Å². The Morgan fingerprint density at radius 3 is 2.24 bits per heavy atom. The van der Waals surface area contributed by atoms with Crippen LogP contribution in [0.2, 0.25) is 0 Å². The second-order valence-corrected chi connectivity index (χ2v) is 10.4. The molecule has 13 nitrogen and oxygen atoms in total. The predicted octanol–water partition coefficient (Wildman–Crippen LogP) is 4.11. The zero-order valence-corrected chi connectivity index (χ0v) is 22.5. The Morgan fingerprint density at radius 2 is 1.71 bits per heavy atom. The summed E-state index contributed by atoms with van der Waals surface area (Å²) >= 11 is 0. The number of carbonyl (C=O) groups is 2. The number of carbonyl (C=O) groups excluding carboxylic acids is 2. The lowest BCUT2D eigenvalue weighted by molar-refractivity contribution is -0.767. The molecule has 1 amide bonds. The van der Waals surface area contributed by atoms with Gasteiger partial charge in [-0.25, -0.2) is 17.9 Å². The highest BCUT2D eigenvalue weighted by Gasteiger charge is 2.35. The van der Waals surface area contributed by atoms with E-state index in [1.165, 1.54) is 19.1 Å². The number of aryl methyl sites for hydroxylation is 1. The topological polar surface area (TPSA) is 160 Å². The number of hydrogen-bond donors (Lipinski definition) is 0. The molecule has 0 N–H and O–H groups in total. The van der Waals surface area contributed by atoms with Crippen LogP contribution < -0.4 is 0 Å². The van der Waals surface area contributed by atoms with E-state index in [2.05, 4.69) is 19.4 Å². The van der Waals surface area contributed by atoms with Gasteiger partial charge in [0.2, 0.25) is 5.91 Å². The fraction of sp³-hybridized carbons (Fsp3) is 0.292. The number of alkyl halides is 3. The standard InChI is InChI=1S/C24H23F3N4O9S/c1-15-4-6-18(7-5-15)21-12-22(24(25,26)27)28-30(21)19-8-10-20(11-9-19)41(36,37)29(17(3)32)14-39-23(33)38-13-16(2)40-31(34)35/h4-12,16H,13-14H2,1-3H3. The lowest BCUT2D eigenvalue weighted by Crippen LogP contribution is -2.38. The van der Waals surface area contributed by atoms with Gasteiger partial charge in [-0.15, -0.1) is 10.1 Å². The van der Waals surface area contributed by atoms with Gasteiger partial charge < -0.3 is 14.3 Å². The summed E-state index contributed by atoms with van der Waals surface area (Å²) in [7, 11) is -4.60. The van der Waals surface area contributed by atoms with Crippen molar-refractivity contribution in [1.29, 1.82) is 0 Å². The highest BCUT2D eigenvalue weighted by molar-refractivity contribution is 7.89. The molecule has 0 spiro atoms. The Labute approximate surface area is 231 Å². The molecule has 0 aliphatic carbocycles. The first-order chi connectivity index (χ1) is 19.1. The third-order valence-electron chi connectivity index (χ3n) is 5.37. The zero-order chi connectivity index (χ0) is 30.5. The Morgan fingerprint density at radius 1 is 1.10 bits per heavy atom. The van der Waals surface area contributed by atoms with E-state index < -0.39 is 63.4 Å². The summed E-state index contributed by atoms with van der Waals surface area (Å²) < 4.78 is 77.0. The highest BCUT2D eigenvalue weighted by atomic mass is 32.2. The molecule has 0 bridgehead atoms. The molecule has 0 aliphatic heterocycles. The minimum atomic E-state index is -4.74. The number of nitrogens with zero attached hydrogens (tertiary/aromatic N) is 4. The van der Waals surface area contributed by atoms with Crippen LogP contribution in [0.25, 0.3) is 16.9 Å². The number of hydrogen-bond acceptors (Lipinski definition) is 10. The van der Waals surface area contributed by atoms with E-state index in [4.69, 9.17) is 0 Å². The molecule has 0 saturated heterocycles. The summed E-state index contributed by atoms with van der Waals surface area (Å²) in [6, 6.07) is 12.0. The molecule has 17 heteroatoms. The molecule has 3 rings (SSSR count). The first-order valence-electron chi connectivity index (χ1n) is 11.6. The molecule has 41 heavy (non-hydrogen) atoms. The van der Waals surface area contributed by atoms with E-state index in [1.807, 2.05) is 6.92 Å². The fourth-order valence-electron chi connectivity index (χ4n) is 3.38. The predicted molar refractivity (Wildman–Crippen MR) is 133 cm³/mol. The van der Waals surface area contributed by atoms with E-state index in [-0.39, 0.29) is 15.7 Å². The maximum Gasteiger partial charge on any atom is 0.510 e. The summed E-state index contributed by atoms with van der Waals surface area (Å²) in [5.41, 5.74) is 0.354. The van der Waals surface area contributed by atoms with Crippen LogP contribution in [0.3, 0.4) is 0 Å². The summed E-state index contributed by atoms with van der Waals surface area (Å²) in [5.74, 6) is -1.03. The van der Waals surface area contributed by atoms with Crippen LogP contribution in [-0.4, -0.2) is 59.1 Å². The largest absolute Gasteiger partial charge is 0.510 e. The molecule has 1 heterocycles. The highest BCUT2D eigenvalue weighted by Crippen LogP contribution is 2.33. The van der Waals surface area contributed by atoms with Crippen LogP contribution in [-0.2, 0) is 35.3 Å². The molecule has 1 atom stereocenters. The maximum atomic E-state index is 13.5. The number of halogens is 3. The van der Waals surface area contributed by atoms with Crippen molar-refractivity contribution in [2.45, 2.75) is 37.9 Å². The quantitative estimate of drug-likeness (QED) is 0.143. The fourth-order valence-corrected chi connectivity index (χ4v) is 4.64. The Hall–Kier alpha value is -4.67. The Kier molecular flexibility index (Phi) is 9.21. The molecule has 1 unspecified atom stereocenters. The SMILES string of the molecule is CC(=O)N(COC(=O)OCC(C)O[N+](=O)[O-])S(=O)(=O)c1ccc(-n2nc(C(F)(F)F)cc2-c2ccc(C)cc2)cc1. The van der Waals surface area contributed by atoms with Gasteiger partial charge in [0.05, 0.1) is 16.3 Å². The van der Waals surface area contributed by atoms with E-state index in [9.17, 15) is 41.3 Å². The number of sulfonamides is 1. The molecule has 0 radical (unpaired) electrons. The Bertz CT molecular complexity index is 1520. The number of aromatic nitrogens is 2. The van der Waals surface area contributed by atoms with Crippen molar-refractivity contribution in [3.05, 3.63) is 76.0 Å². The van der Waals surface area contributed by atoms with Crippen molar-refractivity contribution in [3.8, 4) is 16.9 Å². The molecule has 220 valence electrons. The van der Waals surface area contributed by atoms with E-state index in [0.717, 1.165) is 35.4 Å². The summed E-state index contributed by atoms with van der Waals surface area (Å²) in [4.78, 5) is 37.8. The van der Waals surface area contributed by atoms with Crippen molar-refractivity contribution < 1.29 is 50.6 Å². The van der Waals surface area contributed by atoms with Gasteiger partial charge in [-0.05, 0) is 44.2 Å². The third kappa shape index (κ3) is 7.71. The van der Waals surface area contributed by atoms with Crippen LogP contribution in [0, 0.1) is 17.0 Å². The minimum absolute atomic E-state index is 0.0929. The lowest BCUT2D eigenvalue weighted by atomic mass is 10.1. The Balaban J connectivity index is 1.83. The van der Waals surface area contributed by atoms with Gasteiger partial charge in [0.1, 0.15) is 12.7 Å². The van der Waals surface area contributed by atoms with E-state index >= 15 is 0 Å². The van der Waals surface area contributed by atoms with E-state index in [1.54, 1.807) is 24.3 Å². The molecule has 0 saturated carbocycles. The molecule has 3 aromatic rings. The molecule has 0 fully saturated rings. The average Bonchev–Trinajstić information content (AvgIpc) is 3.34. The van der Waals surface area contributed by atoms with Gasteiger partial charge in [0, 0.05) is 12.5 Å². The van der Waals surface area contributed by atoms with Crippen molar-refractivity contribution in [1.82, 2.24) is 14.1 Å². The number of rotatable bonds is 10. The maximum absolute atomic E-state index is 13.5. The first-order valence-corrected chi connectivity index (χ1v) is 13.0. The van der Waals surface area contributed by atoms with Gasteiger partial charge in [0.15, 0.2) is 12.4 Å². The number of benzene rings is 2. The van der Waals surface area contributed by atoms with Gasteiger partial charge >= 0.3 is 12.3 Å². The van der Waals surface area contributed by atoms with Gasteiger partial charge in [-0.3, -0.25) is 4.79 Å². The van der Waals surface area contributed by atoms with Gasteiger partial charge in [-0.1, -0.05) is 29.8 Å². The van der Waals surface area contributed by atoms with Crippen LogP contribution in [0.1, 0.15) is 25.1 Å². The van der Waals surface area contributed by atoms with E-state index in [0.29, 0.717) is 5.56 Å². The minimum Gasteiger partial charge on any atom is -0.432 e. The number of ether oxygens (including phenoxy) is 2. The van der Waals surface area contributed by atoms with Crippen molar-refractivity contribution in [2.75, 3.05) is 13.3 Å². The molecular formula is C24H23F3N4O9S. The normalized spacial score (nSPS) is 12.3. The molecular weight excluding hydrogens is 577 g/mol. The van der Waals surface area contributed by atoms with Crippen molar-refractivity contribution in [3.63, 3.8) is 0 Å². The van der Waals surface area contributed by atoms with Crippen LogP contribution in [0.5, 0.6) is 0 Å². The molecule has 0 aliphatic rings. The van der Waals surface area contributed by atoms with Crippen molar-refractivity contribution >= 4 is 22.1 Å². The average molecular weight is 601 g/mol. The monoisotopic (exact) mass is 600 g/mol. The van der Waals surface area contributed by atoms with Gasteiger partial charge in [-0.2, -0.15) is 22.6 Å². The summed E-state index contributed by atoms with van der Waals surface area (Å²) in [5, 5.41) is 12.8. The van der Waals surface area contributed by atoms with Crippen LogP contribution in [0.15, 0.2) is 59.5 Å². The van der Waals surface area contributed by atoms with Crippen LogP contribution in [0.4, 0.5) is 18.0 Å². The number of amides is 1. The summed E-state index contributed by atoms with van der Waals surface area (Å²) in [6.45, 7) is 2.25. The second-order valence-electron chi connectivity index (χ2n) is 8.53. The first kappa shape index (κ1) is 30.9. The smallest absolute Gasteiger partial charge is 0.432 e. The molecule has 1 aromatic heterocycles.